The van der Waals surface area contributed by atoms with Gasteiger partial charge in [0.15, 0.2) is 5.72 Å². The van der Waals surface area contributed by atoms with E-state index in [1.165, 1.54) is 6.07 Å². The average Bonchev–Trinajstić information content (AvgIpc) is 3.47. The monoisotopic (exact) mass is 473 g/mol. The summed E-state index contributed by atoms with van der Waals surface area (Å²) in [4.78, 5) is 11.2. The summed E-state index contributed by atoms with van der Waals surface area (Å²) in [6.07, 6.45) is 1.18. The van der Waals surface area contributed by atoms with Gasteiger partial charge in [-0.1, -0.05) is 31.1 Å². The standard InChI is InChI=1S/C26H26F3NO4/c27-26(28,29)22-11-15(5-8-19(22)16-3-1-2-4-16)14-34-18-7-10-23-20(13-18)21-9-6-17(12-24(31)32)25(21,33)30-23/h5,7-11,13,16-17,30,33H,1-4,6,12,14H2,(H,31,32). The van der Waals surface area contributed by atoms with Crippen molar-refractivity contribution in [3.05, 3.63) is 64.7 Å². The number of rotatable bonds is 6. The van der Waals surface area contributed by atoms with Crippen molar-refractivity contribution in [1.29, 1.82) is 0 Å². The molecule has 2 aliphatic carbocycles. The third-order valence-corrected chi connectivity index (χ3v) is 7.26. The fourth-order valence-corrected chi connectivity index (χ4v) is 5.58. The molecule has 1 fully saturated rings. The Kier molecular flexibility index (Phi) is 5.59. The molecule has 0 spiro atoms. The summed E-state index contributed by atoms with van der Waals surface area (Å²) in [6, 6.07) is 9.62. The zero-order valence-corrected chi connectivity index (χ0v) is 18.5. The Hall–Kier alpha value is -3.00. The number of carboxylic acid groups (broad SMARTS) is 1. The van der Waals surface area contributed by atoms with Crippen LogP contribution in [-0.4, -0.2) is 21.9 Å². The van der Waals surface area contributed by atoms with E-state index in [1.807, 2.05) is 6.08 Å². The number of carboxylic acids is 1. The third-order valence-electron chi connectivity index (χ3n) is 7.26. The molecule has 0 bridgehead atoms. The summed E-state index contributed by atoms with van der Waals surface area (Å²) in [5, 5.41) is 23.3. The largest absolute Gasteiger partial charge is 0.489 e. The van der Waals surface area contributed by atoms with Crippen LogP contribution in [0.5, 0.6) is 5.75 Å². The van der Waals surface area contributed by atoms with Gasteiger partial charge in [0.1, 0.15) is 12.4 Å². The quantitative estimate of drug-likeness (QED) is 0.484. The van der Waals surface area contributed by atoms with Gasteiger partial charge in [-0.25, -0.2) is 0 Å². The molecule has 0 amide bonds. The summed E-state index contributed by atoms with van der Waals surface area (Å²) in [5.74, 6) is -1.05. The summed E-state index contributed by atoms with van der Waals surface area (Å²) in [6.45, 7) is -0.0226. The molecule has 5 rings (SSSR count). The number of benzene rings is 2. The van der Waals surface area contributed by atoms with E-state index >= 15 is 0 Å². The Morgan fingerprint density at radius 3 is 2.62 bits per heavy atom. The second-order valence-electron chi connectivity index (χ2n) is 9.44. The van der Waals surface area contributed by atoms with Crippen molar-refractivity contribution in [2.75, 3.05) is 5.32 Å². The summed E-state index contributed by atoms with van der Waals surface area (Å²) in [5.41, 5.74) is 0.768. The molecule has 1 aliphatic heterocycles. The Morgan fingerprint density at radius 2 is 1.91 bits per heavy atom. The molecule has 2 aromatic carbocycles. The Morgan fingerprint density at radius 1 is 1.15 bits per heavy atom. The highest BCUT2D eigenvalue weighted by molar-refractivity contribution is 5.91. The van der Waals surface area contributed by atoms with Crippen molar-refractivity contribution in [3.8, 4) is 5.75 Å². The smallest absolute Gasteiger partial charge is 0.416 e. The number of ether oxygens (including phenoxy) is 1. The van der Waals surface area contributed by atoms with E-state index in [-0.39, 0.29) is 18.9 Å². The average molecular weight is 473 g/mol. The SMILES string of the molecule is O=C(O)CC1CC=C2c3cc(OCc4ccc(C5CCCC5)c(C(F)(F)F)c4)ccc3NC21O. The zero-order valence-electron chi connectivity index (χ0n) is 18.5. The topological polar surface area (TPSA) is 78.8 Å². The molecule has 0 aromatic heterocycles. The van der Waals surface area contributed by atoms with Crippen LogP contribution in [0.4, 0.5) is 18.9 Å². The summed E-state index contributed by atoms with van der Waals surface area (Å²) < 4.78 is 47.1. The first-order chi connectivity index (χ1) is 16.1. The number of aliphatic hydroxyl groups is 1. The highest BCUT2D eigenvalue weighted by atomic mass is 19.4. The first kappa shape index (κ1) is 22.8. The molecule has 3 N–H and O–H groups in total. The van der Waals surface area contributed by atoms with E-state index in [4.69, 9.17) is 9.84 Å². The minimum absolute atomic E-state index is 0.0226. The molecule has 5 nitrogen and oxygen atoms in total. The van der Waals surface area contributed by atoms with Crippen LogP contribution in [0.1, 0.15) is 66.7 Å². The van der Waals surface area contributed by atoms with Gasteiger partial charge in [-0.3, -0.25) is 4.79 Å². The number of alkyl halides is 3. The van der Waals surface area contributed by atoms with Crippen molar-refractivity contribution in [2.24, 2.45) is 5.92 Å². The second-order valence-corrected chi connectivity index (χ2v) is 9.44. The van der Waals surface area contributed by atoms with Crippen molar-refractivity contribution in [3.63, 3.8) is 0 Å². The molecule has 2 atom stereocenters. The van der Waals surface area contributed by atoms with Crippen molar-refractivity contribution in [2.45, 2.75) is 63.0 Å². The molecule has 2 unspecified atom stereocenters. The fourth-order valence-electron chi connectivity index (χ4n) is 5.58. The molecular weight excluding hydrogens is 447 g/mol. The lowest BCUT2D eigenvalue weighted by atomic mass is 9.91. The molecule has 180 valence electrons. The minimum atomic E-state index is -4.42. The predicted octanol–water partition coefficient (Wildman–Crippen LogP) is 5.93. The van der Waals surface area contributed by atoms with Crippen LogP contribution >= 0.6 is 0 Å². The number of aliphatic carboxylic acids is 1. The molecule has 0 saturated heterocycles. The highest BCUT2D eigenvalue weighted by Gasteiger charge is 2.50. The van der Waals surface area contributed by atoms with Crippen LogP contribution in [0.2, 0.25) is 0 Å². The van der Waals surface area contributed by atoms with Gasteiger partial charge in [-0.2, -0.15) is 13.2 Å². The lowest BCUT2D eigenvalue weighted by Crippen LogP contribution is -2.41. The highest BCUT2D eigenvalue weighted by Crippen LogP contribution is 2.51. The maximum absolute atomic E-state index is 13.8. The molecule has 0 radical (unpaired) electrons. The molecule has 1 heterocycles. The first-order valence-corrected chi connectivity index (χ1v) is 11.6. The lowest BCUT2D eigenvalue weighted by Gasteiger charge is -2.28. The number of hydrogen-bond donors (Lipinski definition) is 3. The van der Waals surface area contributed by atoms with Gasteiger partial charge in [0.2, 0.25) is 0 Å². The van der Waals surface area contributed by atoms with Gasteiger partial charge in [-0.05, 0) is 60.6 Å². The number of hydrogen-bond acceptors (Lipinski definition) is 4. The lowest BCUT2D eigenvalue weighted by molar-refractivity contribution is -0.140. The van der Waals surface area contributed by atoms with Crippen molar-refractivity contribution >= 4 is 17.2 Å². The molecule has 1 saturated carbocycles. The maximum Gasteiger partial charge on any atom is 0.416 e. The number of carbonyl (C=O) groups is 1. The molecule has 34 heavy (non-hydrogen) atoms. The molecular formula is C26H26F3NO4. The summed E-state index contributed by atoms with van der Waals surface area (Å²) >= 11 is 0. The Labute approximate surface area is 195 Å². The number of allylic oxidation sites excluding steroid dienone is 1. The number of nitrogens with one attached hydrogen (secondary N) is 1. The van der Waals surface area contributed by atoms with E-state index in [1.54, 1.807) is 30.3 Å². The zero-order chi connectivity index (χ0) is 24.1. The third kappa shape index (κ3) is 4.04. The van der Waals surface area contributed by atoms with Gasteiger partial charge < -0.3 is 20.3 Å². The fraction of sp³-hybridized carbons (Fsp3) is 0.423. The first-order valence-electron chi connectivity index (χ1n) is 11.6. The van der Waals surface area contributed by atoms with Crippen LogP contribution in [0, 0.1) is 5.92 Å². The van der Waals surface area contributed by atoms with Crippen LogP contribution in [0.3, 0.4) is 0 Å². The molecule has 3 aliphatic rings. The minimum Gasteiger partial charge on any atom is -0.489 e. The van der Waals surface area contributed by atoms with E-state index in [0.29, 0.717) is 40.1 Å². The van der Waals surface area contributed by atoms with Crippen molar-refractivity contribution in [1.82, 2.24) is 0 Å². The van der Waals surface area contributed by atoms with E-state index < -0.39 is 29.4 Å². The second kappa shape index (κ2) is 8.34. The van der Waals surface area contributed by atoms with E-state index in [2.05, 4.69) is 5.32 Å². The van der Waals surface area contributed by atoms with Gasteiger partial charge in [-0.15, -0.1) is 0 Å². The van der Waals surface area contributed by atoms with Gasteiger partial charge in [0.25, 0.3) is 0 Å². The van der Waals surface area contributed by atoms with E-state index in [9.17, 15) is 23.1 Å². The van der Waals surface area contributed by atoms with Gasteiger partial charge in [0.05, 0.1) is 12.0 Å². The maximum atomic E-state index is 13.8. The summed E-state index contributed by atoms with van der Waals surface area (Å²) in [7, 11) is 0. The number of fused-ring (bicyclic) bond motifs is 3. The van der Waals surface area contributed by atoms with E-state index in [0.717, 1.165) is 25.7 Å². The van der Waals surface area contributed by atoms with Crippen LogP contribution in [0.25, 0.3) is 5.57 Å². The molecule has 2 aromatic rings. The van der Waals surface area contributed by atoms with Crippen molar-refractivity contribution < 1.29 is 32.9 Å². The van der Waals surface area contributed by atoms with Crippen LogP contribution in [0.15, 0.2) is 42.5 Å². The Balaban J connectivity index is 1.34. The van der Waals surface area contributed by atoms with Gasteiger partial charge in [0, 0.05) is 22.7 Å². The Bertz CT molecular complexity index is 1150. The van der Waals surface area contributed by atoms with Crippen LogP contribution in [-0.2, 0) is 17.6 Å². The number of anilines is 1. The normalized spacial score (nSPS) is 23.9. The molecule has 8 heteroatoms. The number of halogens is 3. The predicted molar refractivity (Wildman–Crippen MR) is 120 cm³/mol. The van der Waals surface area contributed by atoms with Crippen LogP contribution < -0.4 is 10.1 Å². The van der Waals surface area contributed by atoms with Gasteiger partial charge >= 0.3 is 12.1 Å².